The lowest BCUT2D eigenvalue weighted by atomic mass is 10.3. The van der Waals surface area contributed by atoms with Crippen molar-refractivity contribution in [3.63, 3.8) is 0 Å². The molecule has 0 radical (unpaired) electrons. The summed E-state index contributed by atoms with van der Waals surface area (Å²) in [5, 5.41) is 4.77. The van der Waals surface area contributed by atoms with Crippen molar-refractivity contribution in [2.24, 2.45) is 0 Å². The lowest BCUT2D eigenvalue weighted by molar-refractivity contribution is -0.124. The van der Waals surface area contributed by atoms with Crippen LogP contribution in [0.5, 0.6) is 0 Å². The Morgan fingerprint density at radius 1 is 1.32 bits per heavy atom. The second kappa shape index (κ2) is 9.22. The van der Waals surface area contributed by atoms with Crippen LogP contribution in [0.4, 0.5) is 0 Å². The van der Waals surface area contributed by atoms with Gasteiger partial charge in [-0.3, -0.25) is 9.78 Å². The maximum atomic E-state index is 11.6. The number of amides is 1. The van der Waals surface area contributed by atoms with E-state index in [1.54, 1.807) is 41.4 Å². The van der Waals surface area contributed by atoms with E-state index in [4.69, 9.17) is 4.74 Å². The van der Waals surface area contributed by atoms with Gasteiger partial charge in [-0.2, -0.15) is 11.8 Å². The number of thiophene rings is 1. The van der Waals surface area contributed by atoms with E-state index in [0.29, 0.717) is 12.1 Å². The number of hydrogen-bond donors (Lipinski definition) is 1. The molecule has 2 aromatic heterocycles. The van der Waals surface area contributed by atoms with Gasteiger partial charge in [0.1, 0.15) is 0 Å². The van der Waals surface area contributed by atoms with Gasteiger partial charge >= 0.3 is 5.97 Å². The number of rotatable bonds is 8. The number of nitrogens with zero attached hydrogens (tertiary/aromatic N) is 1. The fraction of sp³-hybridized carbons (Fsp3) is 0.267. The Bertz CT molecular complexity index is 588. The number of ether oxygens (including phenoxy) is 1. The van der Waals surface area contributed by atoms with E-state index in [2.05, 4.69) is 16.4 Å². The molecule has 2 rings (SSSR count). The average Bonchev–Trinajstić information content (AvgIpc) is 3.06. The van der Waals surface area contributed by atoms with Gasteiger partial charge in [0.05, 0.1) is 5.56 Å². The summed E-state index contributed by atoms with van der Waals surface area (Å²) in [6.07, 6.45) is 2.97. The van der Waals surface area contributed by atoms with Gasteiger partial charge in [-0.05, 0) is 23.6 Å². The fourth-order valence-electron chi connectivity index (χ4n) is 1.58. The van der Waals surface area contributed by atoms with E-state index in [1.165, 1.54) is 11.1 Å². The molecule has 0 fully saturated rings. The van der Waals surface area contributed by atoms with Crippen molar-refractivity contribution in [1.29, 1.82) is 0 Å². The summed E-state index contributed by atoms with van der Waals surface area (Å²) in [7, 11) is 0. The summed E-state index contributed by atoms with van der Waals surface area (Å²) in [4.78, 5) is 28.3. The first-order chi connectivity index (χ1) is 10.8. The minimum atomic E-state index is -0.546. The van der Waals surface area contributed by atoms with Crippen molar-refractivity contribution in [3.05, 3.63) is 52.5 Å². The molecule has 0 atom stereocenters. The number of carbonyl (C=O) groups is 2. The minimum Gasteiger partial charge on any atom is -0.452 e. The van der Waals surface area contributed by atoms with Gasteiger partial charge in [-0.1, -0.05) is 6.07 Å². The van der Waals surface area contributed by atoms with E-state index in [0.717, 1.165) is 11.5 Å². The van der Waals surface area contributed by atoms with Crippen LogP contribution in [0.2, 0.25) is 0 Å². The van der Waals surface area contributed by atoms with Crippen LogP contribution in [0.3, 0.4) is 0 Å². The van der Waals surface area contributed by atoms with Crippen molar-refractivity contribution in [3.8, 4) is 0 Å². The van der Waals surface area contributed by atoms with Crippen LogP contribution in [0.1, 0.15) is 15.2 Å². The molecular weight excluding hydrogens is 320 g/mol. The molecule has 22 heavy (non-hydrogen) atoms. The largest absolute Gasteiger partial charge is 0.452 e. The Balaban J connectivity index is 1.55. The number of pyridine rings is 1. The van der Waals surface area contributed by atoms with Gasteiger partial charge in [-0.25, -0.2) is 4.79 Å². The molecule has 7 heteroatoms. The Kier molecular flexibility index (Phi) is 6.92. The number of nitrogens with one attached hydrogen (secondary N) is 1. The Hall–Kier alpha value is -1.86. The number of carbonyl (C=O) groups excluding carboxylic acids is 2. The molecule has 1 N–H and O–H groups in total. The second-order valence-electron chi connectivity index (χ2n) is 4.30. The maximum absolute atomic E-state index is 11.6. The van der Waals surface area contributed by atoms with Crippen molar-refractivity contribution in [1.82, 2.24) is 10.3 Å². The highest BCUT2D eigenvalue weighted by molar-refractivity contribution is 7.98. The van der Waals surface area contributed by atoms with Crippen LogP contribution >= 0.6 is 23.1 Å². The summed E-state index contributed by atoms with van der Waals surface area (Å²) in [6, 6.07) is 7.35. The van der Waals surface area contributed by atoms with E-state index in [1.807, 2.05) is 11.4 Å². The fourth-order valence-corrected chi connectivity index (χ4v) is 3.28. The molecule has 0 unspecified atom stereocenters. The number of hydrogen-bond acceptors (Lipinski definition) is 6. The highest BCUT2D eigenvalue weighted by atomic mass is 32.2. The standard InChI is InChI=1S/C15H16N2O3S2/c18-14(10-20-15(19)12-3-1-5-16-9-12)17-6-8-21-11-13-4-2-7-22-13/h1-5,7,9H,6,8,10-11H2,(H,17,18). The van der Waals surface area contributed by atoms with Gasteiger partial charge in [0.25, 0.3) is 5.91 Å². The zero-order valence-corrected chi connectivity index (χ0v) is 13.5. The monoisotopic (exact) mass is 336 g/mol. The molecule has 0 bridgehead atoms. The zero-order chi connectivity index (χ0) is 15.6. The van der Waals surface area contributed by atoms with Gasteiger partial charge in [-0.15, -0.1) is 11.3 Å². The van der Waals surface area contributed by atoms with Crippen LogP contribution in [0.25, 0.3) is 0 Å². The van der Waals surface area contributed by atoms with Crippen LogP contribution in [0.15, 0.2) is 42.0 Å². The van der Waals surface area contributed by atoms with Gasteiger partial charge in [0.15, 0.2) is 6.61 Å². The molecule has 0 aromatic carbocycles. The molecule has 1 amide bonds. The van der Waals surface area contributed by atoms with Crippen molar-refractivity contribution < 1.29 is 14.3 Å². The number of thioether (sulfide) groups is 1. The predicted octanol–water partition coefficient (Wildman–Crippen LogP) is 2.35. The van der Waals surface area contributed by atoms with Crippen LogP contribution < -0.4 is 5.32 Å². The summed E-state index contributed by atoms with van der Waals surface area (Å²) in [5.74, 6) is 0.924. The third-order valence-corrected chi connectivity index (χ3v) is 4.69. The first-order valence-corrected chi connectivity index (χ1v) is 8.73. The molecular formula is C15H16N2O3S2. The third-order valence-electron chi connectivity index (χ3n) is 2.62. The van der Waals surface area contributed by atoms with Crippen molar-refractivity contribution in [2.75, 3.05) is 18.9 Å². The molecule has 0 saturated heterocycles. The SMILES string of the molecule is O=C(COC(=O)c1cccnc1)NCCSCc1cccs1. The molecule has 0 aliphatic heterocycles. The Morgan fingerprint density at radius 3 is 2.95 bits per heavy atom. The smallest absolute Gasteiger partial charge is 0.340 e. The lowest BCUT2D eigenvalue weighted by Crippen LogP contribution is -2.30. The molecule has 0 aliphatic rings. The number of aromatic nitrogens is 1. The molecule has 5 nitrogen and oxygen atoms in total. The highest BCUT2D eigenvalue weighted by Crippen LogP contribution is 2.16. The Morgan fingerprint density at radius 2 is 2.23 bits per heavy atom. The quantitative estimate of drug-likeness (QED) is 0.592. The summed E-state index contributed by atoms with van der Waals surface area (Å²) < 4.78 is 4.91. The first-order valence-electron chi connectivity index (χ1n) is 6.69. The zero-order valence-electron chi connectivity index (χ0n) is 11.9. The minimum absolute atomic E-state index is 0.274. The maximum Gasteiger partial charge on any atom is 0.340 e. The van der Waals surface area contributed by atoms with Crippen molar-refractivity contribution >= 4 is 35.0 Å². The van der Waals surface area contributed by atoms with E-state index in [9.17, 15) is 9.59 Å². The highest BCUT2D eigenvalue weighted by Gasteiger charge is 2.09. The molecule has 2 aromatic rings. The molecule has 0 aliphatic carbocycles. The molecule has 2 heterocycles. The second-order valence-corrected chi connectivity index (χ2v) is 6.44. The number of esters is 1. The predicted molar refractivity (Wildman–Crippen MR) is 88.0 cm³/mol. The first kappa shape index (κ1) is 16.5. The summed E-state index contributed by atoms with van der Waals surface area (Å²) >= 11 is 3.48. The van der Waals surface area contributed by atoms with Crippen LogP contribution in [0, 0.1) is 0 Å². The topological polar surface area (TPSA) is 68.3 Å². The van der Waals surface area contributed by atoms with Gasteiger partial charge in [0, 0.05) is 35.3 Å². The lowest BCUT2D eigenvalue weighted by Gasteiger charge is -2.06. The van der Waals surface area contributed by atoms with E-state index in [-0.39, 0.29) is 12.5 Å². The summed E-state index contributed by atoms with van der Waals surface area (Å²) in [6.45, 7) is 0.280. The van der Waals surface area contributed by atoms with Crippen LogP contribution in [-0.2, 0) is 15.3 Å². The van der Waals surface area contributed by atoms with Crippen LogP contribution in [-0.4, -0.2) is 35.8 Å². The van der Waals surface area contributed by atoms with E-state index < -0.39 is 5.97 Å². The molecule has 0 spiro atoms. The summed E-state index contributed by atoms with van der Waals surface area (Å²) in [5.41, 5.74) is 0.335. The average molecular weight is 336 g/mol. The van der Waals surface area contributed by atoms with Gasteiger partial charge < -0.3 is 10.1 Å². The molecule has 0 saturated carbocycles. The molecule has 116 valence electrons. The Labute approximate surface area is 137 Å². The van der Waals surface area contributed by atoms with E-state index >= 15 is 0 Å². The third kappa shape index (κ3) is 5.87. The van der Waals surface area contributed by atoms with Crippen molar-refractivity contribution in [2.45, 2.75) is 5.75 Å². The van der Waals surface area contributed by atoms with Gasteiger partial charge in [0.2, 0.25) is 0 Å². The normalized spacial score (nSPS) is 10.2.